The minimum absolute atomic E-state index is 0.00145. The number of methoxy groups -OCH3 is 5. The van der Waals surface area contributed by atoms with Gasteiger partial charge in [-0.2, -0.15) is 5.10 Å². The lowest BCUT2D eigenvalue weighted by molar-refractivity contribution is -0.120. The number of nitrogens with one attached hydrogen (secondary N) is 2. The molecule has 12 nitrogen and oxygen atoms in total. The Labute approximate surface area is 237 Å². The maximum atomic E-state index is 12.5. The summed E-state index contributed by atoms with van der Waals surface area (Å²) in [6.45, 7) is 0.0803. The van der Waals surface area contributed by atoms with Crippen molar-refractivity contribution in [3.05, 3.63) is 71.3 Å². The van der Waals surface area contributed by atoms with Gasteiger partial charge in [-0.05, 0) is 60.2 Å². The van der Waals surface area contributed by atoms with E-state index in [0.717, 1.165) is 0 Å². The van der Waals surface area contributed by atoms with E-state index in [-0.39, 0.29) is 18.5 Å². The highest BCUT2D eigenvalue weighted by Gasteiger charge is 2.17. The molecule has 0 aliphatic heterocycles. The van der Waals surface area contributed by atoms with Crippen LogP contribution < -0.4 is 39.2 Å². The number of rotatable bonds is 13. The number of hydrazone groups is 1. The van der Waals surface area contributed by atoms with Crippen molar-refractivity contribution >= 4 is 24.0 Å². The molecule has 3 aromatic carbocycles. The van der Waals surface area contributed by atoms with Gasteiger partial charge in [0.05, 0.1) is 47.3 Å². The van der Waals surface area contributed by atoms with Crippen LogP contribution in [0.1, 0.15) is 32.7 Å². The van der Waals surface area contributed by atoms with Crippen LogP contribution in [0.25, 0.3) is 0 Å². The van der Waals surface area contributed by atoms with Gasteiger partial charge in [0, 0.05) is 18.5 Å². The number of benzene rings is 3. The SMILES string of the molecule is COc1ccc(C(=O)Oc2ccc(/C=N/NC(=O)CCNC(=O)c3cc(OC)c(OC)c(OC)c3)cc2)cc1OC. The first-order valence-corrected chi connectivity index (χ1v) is 12.3. The Kier molecular flexibility index (Phi) is 10.9. The summed E-state index contributed by atoms with van der Waals surface area (Å²) >= 11 is 0. The molecule has 2 N–H and O–H groups in total. The maximum Gasteiger partial charge on any atom is 0.343 e. The molecule has 0 heterocycles. The van der Waals surface area contributed by atoms with Crippen molar-refractivity contribution in [3.8, 4) is 34.5 Å². The first-order chi connectivity index (χ1) is 19.8. The minimum Gasteiger partial charge on any atom is -0.493 e. The maximum absolute atomic E-state index is 12.5. The third-order valence-corrected chi connectivity index (χ3v) is 5.68. The molecule has 0 atom stereocenters. The largest absolute Gasteiger partial charge is 0.493 e. The third-order valence-electron chi connectivity index (χ3n) is 5.68. The number of hydrogen-bond donors (Lipinski definition) is 2. The Morgan fingerprint density at radius 2 is 1.34 bits per heavy atom. The van der Waals surface area contributed by atoms with Crippen LogP contribution in [-0.4, -0.2) is 66.1 Å². The molecule has 3 aromatic rings. The molecule has 0 spiro atoms. The second-order valence-corrected chi connectivity index (χ2v) is 8.24. The average molecular weight is 566 g/mol. The molecular weight excluding hydrogens is 534 g/mol. The van der Waals surface area contributed by atoms with Crippen molar-refractivity contribution in [2.75, 3.05) is 42.1 Å². The van der Waals surface area contributed by atoms with Gasteiger partial charge < -0.3 is 33.7 Å². The smallest absolute Gasteiger partial charge is 0.343 e. The van der Waals surface area contributed by atoms with E-state index in [4.69, 9.17) is 28.4 Å². The van der Waals surface area contributed by atoms with Gasteiger partial charge >= 0.3 is 5.97 Å². The van der Waals surface area contributed by atoms with Crippen molar-refractivity contribution in [2.45, 2.75) is 6.42 Å². The lowest BCUT2D eigenvalue weighted by atomic mass is 10.1. The van der Waals surface area contributed by atoms with Crippen molar-refractivity contribution in [1.82, 2.24) is 10.7 Å². The summed E-state index contributed by atoms with van der Waals surface area (Å²) in [4.78, 5) is 37.1. The lowest BCUT2D eigenvalue weighted by Crippen LogP contribution is -2.29. The first-order valence-electron chi connectivity index (χ1n) is 12.3. The highest BCUT2D eigenvalue weighted by molar-refractivity contribution is 5.96. The van der Waals surface area contributed by atoms with Crippen molar-refractivity contribution < 1.29 is 42.8 Å². The second-order valence-electron chi connectivity index (χ2n) is 8.24. The average Bonchev–Trinajstić information content (AvgIpc) is 3.00. The minimum atomic E-state index is -0.558. The molecule has 0 aliphatic carbocycles. The van der Waals surface area contributed by atoms with Crippen molar-refractivity contribution in [1.29, 1.82) is 0 Å². The monoisotopic (exact) mass is 565 g/mol. The number of amides is 2. The molecule has 216 valence electrons. The lowest BCUT2D eigenvalue weighted by Gasteiger charge is -2.14. The van der Waals surface area contributed by atoms with Crippen molar-refractivity contribution in [2.24, 2.45) is 5.10 Å². The van der Waals surface area contributed by atoms with E-state index in [1.165, 1.54) is 60.0 Å². The van der Waals surface area contributed by atoms with Gasteiger partial charge in [-0.25, -0.2) is 10.2 Å². The Morgan fingerprint density at radius 3 is 1.93 bits per heavy atom. The Morgan fingerprint density at radius 1 is 0.732 bits per heavy atom. The number of hydrogen-bond acceptors (Lipinski definition) is 10. The van der Waals surface area contributed by atoms with Gasteiger partial charge in [-0.3, -0.25) is 9.59 Å². The Hall–Kier alpha value is -5.26. The van der Waals surface area contributed by atoms with Gasteiger partial charge in [-0.1, -0.05) is 0 Å². The van der Waals surface area contributed by atoms with E-state index in [1.54, 1.807) is 36.4 Å². The number of esters is 1. The number of ether oxygens (including phenoxy) is 6. The fourth-order valence-electron chi connectivity index (χ4n) is 3.59. The van der Waals surface area contributed by atoms with Crippen molar-refractivity contribution in [3.63, 3.8) is 0 Å². The standard InChI is InChI=1S/C29H31N3O9/c1-36-22-11-8-19(14-23(22)37-2)29(35)41-21-9-6-18(7-10-21)17-31-32-26(33)12-13-30-28(34)20-15-24(38-3)27(40-5)25(16-20)39-4/h6-11,14-17H,12-13H2,1-5H3,(H,30,34)(H,32,33)/b31-17+. The molecule has 0 unspecified atom stereocenters. The molecular formula is C29H31N3O9. The Bertz CT molecular complexity index is 1380. The van der Waals surface area contributed by atoms with Gasteiger partial charge in [0.15, 0.2) is 23.0 Å². The summed E-state index contributed by atoms with van der Waals surface area (Å²) in [6, 6.07) is 14.3. The summed E-state index contributed by atoms with van der Waals surface area (Å²) < 4.78 is 31.5. The molecule has 0 radical (unpaired) electrons. The fraction of sp³-hybridized carbons (Fsp3) is 0.241. The van der Waals surface area contributed by atoms with Gasteiger partial charge in [0.25, 0.3) is 5.91 Å². The normalized spacial score (nSPS) is 10.5. The molecule has 0 saturated heterocycles. The number of carbonyl (C=O) groups is 3. The van der Waals surface area contributed by atoms with Crippen LogP contribution in [0.15, 0.2) is 59.7 Å². The van der Waals surface area contributed by atoms with Crippen LogP contribution in [0.3, 0.4) is 0 Å². The van der Waals surface area contributed by atoms with Gasteiger partial charge in [0.1, 0.15) is 5.75 Å². The van der Waals surface area contributed by atoms with Crippen LogP contribution in [0.4, 0.5) is 0 Å². The topological polar surface area (TPSA) is 143 Å². The molecule has 0 saturated carbocycles. The second kappa shape index (κ2) is 14.8. The zero-order valence-electron chi connectivity index (χ0n) is 23.3. The van der Waals surface area contributed by atoms with Crippen LogP contribution in [0, 0.1) is 0 Å². The van der Waals surface area contributed by atoms with Crippen LogP contribution in [0.2, 0.25) is 0 Å². The highest BCUT2D eigenvalue weighted by atomic mass is 16.5. The molecule has 0 aromatic heterocycles. The van der Waals surface area contributed by atoms with E-state index in [9.17, 15) is 14.4 Å². The molecule has 0 bridgehead atoms. The fourth-order valence-corrected chi connectivity index (χ4v) is 3.59. The third kappa shape index (κ3) is 8.12. The molecule has 12 heteroatoms. The predicted octanol–water partition coefficient (Wildman–Crippen LogP) is 3.22. The zero-order valence-corrected chi connectivity index (χ0v) is 23.3. The number of carbonyl (C=O) groups excluding carboxylic acids is 3. The van der Waals surface area contributed by atoms with E-state index < -0.39 is 17.8 Å². The molecule has 3 rings (SSSR count). The van der Waals surface area contributed by atoms with Crippen LogP contribution >= 0.6 is 0 Å². The van der Waals surface area contributed by atoms with E-state index in [2.05, 4.69) is 15.8 Å². The summed E-state index contributed by atoms with van der Waals surface area (Å²) in [5, 5.41) is 6.58. The van der Waals surface area contributed by atoms with E-state index in [0.29, 0.717) is 45.6 Å². The summed E-state index contributed by atoms with van der Waals surface area (Å²) in [6.07, 6.45) is 1.44. The highest BCUT2D eigenvalue weighted by Crippen LogP contribution is 2.38. The molecule has 0 aliphatic rings. The molecule has 2 amide bonds. The van der Waals surface area contributed by atoms with Gasteiger partial charge in [0.2, 0.25) is 11.7 Å². The van der Waals surface area contributed by atoms with Crippen LogP contribution in [0.5, 0.6) is 34.5 Å². The van der Waals surface area contributed by atoms with Crippen LogP contribution in [-0.2, 0) is 4.79 Å². The zero-order chi connectivity index (χ0) is 29.8. The first kappa shape index (κ1) is 30.3. The summed E-state index contributed by atoms with van der Waals surface area (Å²) in [5.41, 5.74) is 3.65. The number of nitrogens with zero attached hydrogens (tertiary/aromatic N) is 1. The summed E-state index contributed by atoms with van der Waals surface area (Å²) in [7, 11) is 7.36. The molecule has 41 heavy (non-hydrogen) atoms. The predicted molar refractivity (Wildman–Crippen MR) is 150 cm³/mol. The van der Waals surface area contributed by atoms with E-state index >= 15 is 0 Å². The molecule has 0 fully saturated rings. The van der Waals surface area contributed by atoms with E-state index in [1.807, 2.05) is 0 Å². The quantitative estimate of drug-likeness (QED) is 0.138. The Balaban J connectivity index is 1.46. The van der Waals surface area contributed by atoms with Gasteiger partial charge in [-0.15, -0.1) is 0 Å². The summed E-state index contributed by atoms with van der Waals surface area (Å²) in [5.74, 6) is 0.928.